The molecule has 1 aliphatic rings. The van der Waals surface area contributed by atoms with Gasteiger partial charge in [-0.25, -0.2) is 0 Å². The molecule has 1 saturated heterocycles. The number of aliphatic carboxylic acids is 1. The number of rotatable bonds is 4. The van der Waals surface area contributed by atoms with Crippen LogP contribution in [0, 0.1) is 5.41 Å². The third-order valence-corrected chi connectivity index (χ3v) is 3.49. The maximum Gasteiger partial charge on any atom is 0.316 e. The molecule has 2 rings (SSSR count). The molecular formula is C12H14BrNO3. The Morgan fingerprint density at radius 3 is 2.76 bits per heavy atom. The quantitative estimate of drug-likeness (QED) is 0.924. The predicted molar refractivity (Wildman–Crippen MR) is 68.3 cm³/mol. The summed E-state index contributed by atoms with van der Waals surface area (Å²) in [6.45, 7) is 1.04. The lowest BCUT2D eigenvalue weighted by atomic mass is 9.85. The van der Waals surface area contributed by atoms with E-state index in [1.165, 1.54) is 0 Å². The fraction of sp³-hybridized carbons (Fsp3) is 0.417. The van der Waals surface area contributed by atoms with Crippen molar-refractivity contribution in [3.05, 3.63) is 28.7 Å². The van der Waals surface area contributed by atoms with E-state index < -0.39 is 11.4 Å². The van der Waals surface area contributed by atoms with E-state index >= 15 is 0 Å². The zero-order chi connectivity index (χ0) is 12.5. The molecule has 5 heteroatoms. The van der Waals surface area contributed by atoms with Crippen molar-refractivity contribution >= 4 is 27.6 Å². The number of hydrogen-bond donors (Lipinski definition) is 1. The number of carboxylic acids is 1. The van der Waals surface area contributed by atoms with Crippen LogP contribution in [-0.2, 0) is 9.53 Å². The van der Waals surface area contributed by atoms with Crippen molar-refractivity contribution in [2.45, 2.75) is 0 Å². The van der Waals surface area contributed by atoms with E-state index in [4.69, 9.17) is 4.74 Å². The van der Waals surface area contributed by atoms with E-state index in [-0.39, 0.29) is 0 Å². The van der Waals surface area contributed by atoms with Crippen LogP contribution in [0.25, 0.3) is 0 Å². The van der Waals surface area contributed by atoms with Crippen molar-refractivity contribution in [1.82, 2.24) is 0 Å². The van der Waals surface area contributed by atoms with Gasteiger partial charge < -0.3 is 14.7 Å². The Morgan fingerprint density at radius 2 is 2.29 bits per heavy atom. The fourth-order valence-corrected chi connectivity index (χ4v) is 2.28. The first-order chi connectivity index (χ1) is 8.03. The maximum atomic E-state index is 11.2. The van der Waals surface area contributed by atoms with E-state index in [0.29, 0.717) is 19.8 Å². The number of benzene rings is 1. The number of nitrogens with zero attached hydrogens (tertiary/aromatic N) is 1. The summed E-state index contributed by atoms with van der Waals surface area (Å²) in [5, 5.41) is 9.22. The minimum atomic E-state index is -0.786. The third-order valence-electron chi connectivity index (χ3n) is 3.00. The number of anilines is 1. The van der Waals surface area contributed by atoms with E-state index in [9.17, 15) is 9.90 Å². The maximum absolute atomic E-state index is 11.2. The van der Waals surface area contributed by atoms with Gasteiger partial charge in [0.25, 0.3) is 0 Å². The Labute approximate surface area is 108 Å². The normalized spacial score (nSPS) is 17.3. The van der Waals surface area contributed by atoms with Crippen molar-refractivity contribution in [2.24, 2.45) is 5.41 Å². The molecule has 0 spiro atoms. The van der Waals surface area contributed by atoms with Gasteiger partial charge in [-0.2, -0.15) is 0 Å². The lowest BCUT2D eigenvalue weighted by Gasteiger charge is -2.40. The number of halogens is 1. The van der Waals surface area contributed by atoms with E-state index in [1.54, 1.807) is 0 Å². The summed E-state index contributed by atoms with van der Waals surface area (Å²) in [6, 6.07) is 7.80. The fourth-order valence-electron chi connectivity index (χ4n) is 1.89. The molecule has 1 aliphatic heterocycles. The van der Waals surface area contributed by atoms with Gasteiger partial charge in [0.15, 0.2) is 0 Å². The second kappa shape index (κ2) is 4.66. The van der Waals surface area contributed by atoms with Crippen LogP contribution in [0.5, 0.6) is 0 Å². The summed E-state index contributed by atoms with van der Waals surface area (Å²) < 4.78 is 6.03. The lowest BCUT2D eigenvalue weighted by molar-refractivity contribution is -0.177. The summed E-state index contributed by atoms with van der Waals surface area (Å²) in [7, 11) is 1.89. The number of carboxylic acid groups (broad SMARTS) is 1. The largest absolute Gasteiger partial charge is 0.481 e. The Morgan fingerprint density at radius 1 is 1.59 bits per heavy atom. The van der Waals surface area contributed by atoms with Crippen LogP contribution < -0.4 is 4.90 Å². The molecule has 1 aromatic rings. The molecule has 17 heavy (non-hydrogen) atoms. The number of hydrogen-bond acceptors (Lipinski definition) is 3. The Bertz CT molecular complexity index is 432. The standard InChI is InChI=1S/C12H14BrNO3/c1-14(10-4-2-3-9(13)5-10)6-12(11(15)16)7-17-8-12/h2-5H,6-8H2,1H3,(H,15,16). The first-order valence-electron chi connectivity index (χ1n) is 5.31. The number of carbonyl (C=O) groups is 1. The van der Waals surface area contributed by atoms with Gasteiger partial charge in [-0.05, 0) is 18.2 Å². The summed E-state index contributed by atoms with van der Waals surface area (Å²) in [4.78, 5) is 13.2. The van der Waals surface area contributed by atoms with Crippen molar-refractivity contribution in [1.29, 1.82) is 0 Å². The summed E-state index contributed by atoms with van der Waals surface area (Å²) in [5.41, 5.74) is 0.240. The van der Waals surface area contributed by atoms with Gasteiger partial charge >= 0.3 is 5.97 Å². The molecule has 0 amide bonds. The molecule has 1 fully saturated rings. The van der Waals surface area contributed by atoms with E-state index in [2.05, 4.69) is 15.9 Å². The summed E-state index contributed by atoms with van der Waals surface area (Å²) in [6.07, 6.45) is 0. The Hall–Kier alpha value is -1.07. The zero-order valence-electron chi connectivity index (χ0n) is 9.52. The molecule has 0 saturated carbocycles. The molecule has 0 atom stereocenters. The van der Waals surface area contributed by atoms with Gasteiger partial charge in [-0.15, -0.1) is 0 Å². The Kier molecular flexibility index (Phi) is 3.40. The molecule has 4 nitrogen and oxygen atoms in total. The van der Waals surface area contributed by atoms with Gasteiger partial charge in [-0.1, -0.05) is 22.0 Å². The first-order valence-corrected chi connectivity index (χ1v) is 6.11. The van der Waals surface area contributed by atoms with Crippen LogP contribution in [0.3, 0.4) is 0 Å². The molecule has 1 aromatic carbocycles. The van der Waals surface area contributed by atoms with Gasteiger partial charge in [0.05, 0.1) is 13.2 Å². The minimum Gasteiger partial charge on any atom is -0.481 e. The topological polar surface area (TPSA) is 49.8 Å². The van der Waals surface area contributed by atoms with Crippen LogP contribution in [0.15, 0.2) is 28.7 Å². The highest BCUT2D eigenvalue weighted by atomic mass is 79.9. The molecule has 1 heterocycles. The minimum absolute atomic E-state index is 0.292. The highest BCUT2D eigenvalue weighted by Gasteiger charge is 2.47. The Balaban J connectivity index is 2.11. The molecule has 92 valence electrons. The van der Waals surface area contributed by atoms with Crippen LogP contribution in [0.1, 0.15) is 0 Å². The van der Waals surface area contributed by atoms with Crippen LogP contribution in [0.4, 0.5) is 5.69 Å². The van der Waals surface area contributed by atoms with Crippen molar-refractivity contribution in [3.8, 4) is 0 Å². The average Bonchev–Trinajstić information content (AvgIpc) is 2.22. The molecule has 0 aliphatic carbocycles. The van der Waals surface area contributed by atoms with Crippen LogP contribution in [-0.4, -0.2) is 37.9 Å². The van der Waals surface area contributed by atoms with Crippen molar-refractivity contribution < 1.29 is 14.6 Å². The smallest absolute Gasteiger partial charge is 0.316 e. The summed E-state index contributed by atoms with van der Waals surface area (Å²) in [5.74, 6) is -0.786. The highest BCUT2D eigenvalue weighted by Crippen LogP contribution is 2.30. The number of ether oxygens (including phenoxy) is 1. The second-order valence-corrected chi connectivity index (χ2v) is 5.33. The van der Waals surface area contributed by atoms with Crippen molar-refractivity contribution in [2.75, 3.05) is 31.7 Å². The van der Waals surface area contributed by atoms with Crippen LogP contribution in [0.2, 0.25) is 0 Å². The highest BCUT2D eigenvalue weighted by molar-refractivity contribution is 9.10. The molecule has 0 unspecified atom stereocenters. The first kappa shape index (κ1) is 12.4. The summed E-state index contributed by atoms with van der Waals surface area (Å²) >= 11 is 3.40. The monoisotopic (exact) mass is 299 g/mol. The predicted octanol–water partition coefficient (Wildman–Crippen LogP) is 1.99. The zero-order valence-corrected chi connectivity index (χ0v) is 11.1. The molecule has 1 N–H and O–H groups in total. The molecule has 0 bridgehead atoms. The molecule has 0 radical (unpaired) electrons. The van der Waals surface area contributed by atoms with E-state index in [0.717, 1.165) is 10.2 Å². The molecular weight excluding hydrogens is 286 g/mol. The molecule has 0 aromatic heterocycles. The van der Waals surface area contributed by atoms with Crippen LogP contribution >= 0.6 is 15.9 Å². The SMILES string of the molecule is CN(CC1(C(=O)O)COC1)c1cccc(Br)c1. The lowest BCUT2D eigenvalue weighted by Crippen LogP contribution is -2.55. The van der Waals surface area contributed by atoms with E-state index in [1.807, 2.05) is 36.2 Å². The average molecular weight is 300 g/mol. The third kappa shape index (κ3) is 2.45. The van der Waals surface area contributed by atoms with Crippen molar-refractivity contribution in [3.63, 3.8) is 0 Å². The van der Waals surface area contributed by atoms with Gasteiger partial charge in [0.2, 0.25) is 0 Å². The van der Waals surface area contributed by atoms with Gasteiger partial charge in [0, 0.05) is 23.8 Å². The van der Waals surface area contributed by atoms with Gasteiger partial charge in [0.1, 0.15) is 5.41 Å². The van der Waals surface area contributed by atoms with Gasteiger partial charge in [-0.3, -0.25) is 4.79 Å². The second-order valence-electron chi connectivity index (χ2n) is 4.41.